The van der Waals surface area contributed by atoms with Gasteiger partial charge in [0.15, 0.2) is 0 Å². The van der Waals surface area contributed by atoms with Crippen LogP contribution >= 0.6 is 11.3 Å². The van der Waals surface area contributed by atoms with Crippen LogP contribution in [0.2, 0.25) is 0 Å². The zero-order valence-corrected chi connectivity index (χ0v) is 18.4. The van der Waals surface area contributed by atoms with Crippen LogP contribution in [0.5, 0.6) is 0 Å². The van der Waals surface area contributed by atoms with Crippen molar-refractivity contribution in [2.24, 2.45) is 0 Å². The fourth-order valence-corrected chi connectivity index (χ4v) is 5.77. The normalized spacial score (nSPS) is 21.0. The van der Waals surface area contributed by atoms with Crippen molar-refractivity contribution in [2.45, 2.75) is 63.0 Å². The van der Waals surface area contributed by atoms with Gasteiger partial charge in [-0.15, -0.1) is 15.5 Å². The average Bonchev–Trinajstić information content (AvgIpc) is 3.05. The molecule has 1 heterocycles. The number of rotatable bonds is 9. The summed E-state index contributed by atoms with van der Waals surface area (Å²) in [6.07, 6.45) is 15.6. The third-order valence-corrected chi connectivity index (χ3v) is 8.38. The van der Waals surface area contributed by atoms with Crippen molar-refractivity contribution in [3.05, 3.63) is 45.7 Å². The highest BCUT2D eigenvalue weighted by Crippen LogP contribution is 2.38. The smallest absolute Gasteiger partial charge is 0.288 e. The lowest BCUT2D eigenvalue weighted by atomic mass is 9.80. The quantitative estimate of drug-likeness (QED) is 0.266. The highest BCUT2D eigenvalue weighted by atomic mass is 32.2. The van der Waals surface area contributed by atoms with Crippen LogP contribution in [0.3, 0.4) is 0 Å². The van der Waals surface area contributed by atoms with Crippen molar-refractivity contribution in [3.63, 3.8) is 0 Å². The summed E-state index contributed by atoms with van der Waals surface area (Å²) in [6.45, 7) is 4.44. The minimum absolute atomic E-state index is 0.107. The Balaban J connectivity index is 1.76. The SMILES string of the molecule is Cc1ccc(C2(C)C=CC(CCCCCC(C(=O)NO)[S+](C)(C)=O)=CC2)s1. The fourth-order valence-electron chi connectivity index (χ4n) is 3.46. The van der Waals surface area contributed by atoms with Gasteiger partial charge >= 0.3 is 0 Å². The van der Waals surface area contributed by atoms with E-state index in [0.717, 1.165) is 32.1 Å². The Morgan fingerprint density at radius 2 is 2.07 bits per heavy atom. The van der Waals surface area contributed by atoms with Gasteiger partial charge in [-0.25, -0.2) is 5.48 Å². The molecule has 0 aliphatic heterocycles. The van der Waals surface area contributed by atoms with E-state index in [9.17, 15) is 9.00 Å². The molecule has 0 saturated heterocycles. The van der Waals surface area contributed by atoms with Crippen LogP contribution in [-0.4, -0.2) is 28.9 Å². The van der Waals surface area contributed by atoms with Gasteiger partial charge in [-0.05, 0) is 44.7 Å². The Morgan fingerprint density at radius 3 is 2.59 bits per heavy atom. The van der Waals surface area contributed by atoms with Crippen molar-refractivity contribution in [1.82, 2.24) is 5.48 Å². The van der Waals surface area contributed by atoms with Crippen molar-refractivity contribution in [1.29, 1.82) is 0 Å². The number of unbranched alkanes of at least 4 members (excludes halogenated alkanes) is 2. The van der Waals surface area contributed by atoms with Crippen LogP contribution in [0.4, 0.5) is 0 Å². The maximum absolute atomic E-state index is 12.2. The topological polar surface area (TPSA) is 66.4 Å². The Hall–Kier alpha value is -1.24. The molecule has 0 spiro atoms. The van der Waals surface area contributed by atoms with Crippen LogP contribution in [0.15, 0.2) is 35.9 Å². The number of hydroxylamine groups is 1. The van der Waals surface area contributed by atoms with Crippen LogP contribution in [-0.2, 0) is 24.4 Å². The third-order valence-electron chi connectivity index (χ3n) is 5.28. The Labute approximate surface area is 168 Å². The summed E-state index contributed by atoms with van der Waals surface area (Å²) < 4.78 is 12.2. The van der Waals surface area contributed by atoms with E-state index >= 15 is 0 Å². The van der Waals surface area contributed by atoms with Crippen molar-refractivity contribution < 1.29 is 14.2 Å². The van der Waals surface area contributed by atoms with Crippen LogP contribution < -0.4 is 5.48 Å². The maximum Gasteiger partial charge on any atom is 0.295 e. The fraction of sp³-hybridized carbons (Fsp3) is 0.571. The second-order valence-electron chi connectivity index (χ2n) is 8.02. The molecule has 4 nitrogen and oxygen atoms in total. The summed E-state index contributed by atoms with van der Waals surface area (Å²) in [7, 11) is -2.27. The summed E-state index contributed by atoms with van der Waals surface area (Å²) >= 11 is 1.87. The van der Waals surface area contributed by atoms with Gasteiger partial charge in [0.1, 0.15) is 12.5 Å². The first-order valence-corrected chi connectivity index (χ1v) is 12.7. The number of allylic oxidation sites excluding steroid dienone is 4. The molecule has 27 heavy (non-hydrogen) atoms. The largest absolute Gasteiger partial charge is 0.295 e. The maximum atomic E-state index is 12.2. The number of hydrogen-bond acceptors (Lipinski definition) is 4. The van der Waals surface area contributed by atoms with Crippen LogP contribution in [0, 0.1) is 6.92 Å². The monoisotopic (exact) mass is 410 g/mol. The highest BCUT2D eigenvalue weighted by Gasteiger charge is 2.35. The second kappa shape index (κ2) is 9.30. The van der Waals surface area contributed by atoms with Crippen molar-refractivity contribution in [3.8, 4) is 0 Å². The van der Waals surface area contributed by atoms with E-state index in [4.69, 9.17) is 5.21 Å². The number of thiophene rings is 1. The van der Waals surface area contributed by atoms with Crippen LogP contribution in [0.25, 0.3) is 0 Å². The van der Waals surface area contributed by atoms with Crippen molar-refractivity contribution in [2.75, 3.05) is 12.5 Å². The first-order chi connectivity index (χ1) is 12.7. The van der Waals surface area contributed by atoms with Gasteiger partial charge in [0.05, 0.1) is 9.93 Å². The van der Waals surface area contributed by atoms with E-state index in [2.05, 4.69) is 44.2 Å². The predicted molar refractivity (Wildman–Crippen MR) is 115 cm³/mol. The molecule has 1 aromatic rings. The second-order valence-corrected chi connectivity index (χ2v) is 12.5. The first kappa shape index (κ1) is 22.1. The molecule has 1 aliphatic carbocycles. The Morgan fingerprint density at radius 1 is 1.33 bits per heavy atom. The van der Waals surface area contributed by atoms with Gasteiger partial charge < -0.3 is 0 Å². The molecular formula is C21H32NO3S2+. The zero-order chi connectivity index (χ0) is 20.1. The van der Waals surface area contributed by atoms with Gasteiger partial charge in [0.25, 0.3) is 5.91 Å². The van der Waals surface area contributed by atoms with E-state index in [1.54, 1.807) is 18.0 Å². The van der Waals surface area contributed by atoms with E-state index in [0.29, 0.717) is 6.42 Å². The molecule has 2 unspecified atom stereocenters. The molecule has 6 heteroatoms. The molecule has 2 rings (SSSR count). The molecule has 0 saturated carbocycles. The van der Waals surface area contributed by atoms with Crippen LogP contribution in [0.1, 0.15) is 55.2 Å². The number of hydrogen-bond donors (Lipinski definition) is 2. The van der Waals surface area contributed by atoms with Gasteiger partial charge in [0, 0.05) is 21.6 Å². The molecule has 1 amide bonds. The molecule has 2 N–H and O–H groups in total. The summed E-state index contributed by atoms with van der Waals surface area (Å²) in [5.41, 5.74) is 3.13. The molecule has 0 aromatic carbocycles. The lowest BCUT2D eigenvalue weighted by molar-refractivity contribution is -0.128. The molecule has 0 bridgehead atoms. The molecule has 2 atom stereocenters. The van der Waals surface area contributed by atoms with E-state index < -0.39 is 21.1 Å². The van der Waals surface area contributed by atoms with E-state index in [1.165, 1.54) is 15.3 Å². The summed E-state index contributed by atoms with van der Waals surface area (Å²) in [5, 5.41) is 8.21. The Bertz CT molecular complexity index is 759. The van der Waals surface area contributed by atoms with Gasteiger partial charge in [-0.1, -0.05) is 37.1 Å². The zero-order valence-electron chi connectivity index (χ0n) is 16.8. The number of amides is 1. The lowest BCUT2D eigenvalue weighted by Gasteiger charge is -2.27. The minimum atomic E-state index is -2.27. The summed E-state index contributed by atoms with van der Waals surface area (Å²) in [5.74, 6) is -0.536. The molecule has 0 radical (unpaired) electrons. The number of carbonyl (C=O) groups excluding carboxylic acids is 1. The Kier molecular flexibility index (Phi) is 7.60. The minimum Gasteiger partial charge on any atom is -0.288 e. The predicted octanol–water partition coefficient (Wildman–Crippen LogP) is 4.78. The average molecular weight is 411 g/mol. The van der Waals surface area contributed by atoms with Gasteiger partial charge in [-0.3, -0.25) is 10.0 Å². The number of carbonyl (C=O) groups is 1. The first-order valence-electron chi connectivity index (χ1n) is 9.48. The standard InChI is InChI=1S/C21H31NO3S2/c1-16-10-11-19(26-16)21(2)14-12-17(13-15-21)8-6-5-7-9-18(20(23)22-24)27(3,4)25/h10-14,18H,5-9,15H2,1-4H3,(H-,22,23,24)/p+1. The van der Waals surface area contributed by atoms with Gasteiger partial charge in [0.2, 0.25) is 5.25 Å². The molecule has 0 fully saturated rings. The number of nitrogens with one attached hydrogen (secondary N) is 1. The third kappa shape index (κ3) is 6.13. The van der Waals surface area contributed by atoms with E-state index in [-0.39, 0.29) is 5.41 Å². The highest BCUT2D eigenvalue weighted by molar-refractivity contribution is 8.02. The van der Waals surface area contributed by atoms with Gasteiger partial charge in [-0.2, -0.15) is 0 Å². The number of aryl methyl sites for hydroxylation is 1. The van der Waals surface area contributed by atoms with E-state index in [1.807, 2.05) is 11.3 Å². The molecule has 1 aromatic heterocycles. The molecular weight excluding hydrogens is 378 g/mol. The molecule has 1 aliphatic rings. The lowest BCUT2D eigenvalue weighted by Crippen LogP contribution is -2.40. The summed E-state index contributed by atoms with van der Waals surface area (Å²) in [4.78, 5) is 14.5. The molecule has 150 valence electrons. The summed E-state index contributed by atoms with van der Waals surface area (Å²) in [6, 6.07) is 4.43. The van der Waals surface area contributed by atoms with Crippen molar-refractivity contribution >= 4 is 27.2 Å².